The molecule has 2 heterocycles. The van der Waals surface area contributed by atoms with Gasteiger partial charge in [-0.05, 0) is 54.8 Å². The molecule has 0 radical (unpaired) electrons. The number of benzene rings is 2. The molecule has 1 amide bonds. The summed E-state index contributed by atoms with van der Waals surface area (Å²) in [7, 11) is -3.43. The number of hydrogen-bond acceptors (Lipinski definition) is 3. The average molecular weight is 476 g/mol. The van der Waals surface area contributed by atoms with Gasteiger partial charge in [-0.15, -0.1) is 0 Å². The predicted molar refractivity (Wildman–Crippen MR) is 116 cm³/mol. The summed E-state index contributed by atoms with van der Waals surface area (Å²) in [5.74, 6) is -0.206. The number of hydrogen-bond donors (Lipinski definition) is 2. The Hall–Kier alpha value is -2.16. The number of fused-ring (bicyclic) bond motifs is 1. The van der Waals surface area contributed by atoms with Gasteiger partial charge in [0.1, 0.15) is 5.69 Å². The minimum absolute atomic E-state index is 0.206. The number of nitrogens with zero attached hydrogens (tertiary/aromatic N) is 1. The van der Waals surface area contributed by atoms with Crippen LogP contribution in [0.15, 0.2) is 57.9 Å². The summed E-state index contributed by atoms with van der Waals surface area (Å²) in [4.78, 5) is 15.9. The lowest BCUT2D eigenvalue weighted by Crippen LogP contribution is -2.35. The number of carbonyl (C=O) groups excluding carboxylic acids is 1. The number of piperidine rings is 1. The van der Waals surface area contributed by atoms with Crippen LogP contribution < -0.4 is 5.32 Å². The zero-order valence-electron chi connectivity index (χ0n) is 15.8. The minimum atomic E-state index is -3.43. The van der Waals surface area contributed by atoms with Crippen LogP contribution in [0.2, 0.25) is 0 Å². The Balaban J connectivity index is 1.41. The second-order valence-corrected chi connectivity index (χ2v) is 10.1. The number of carbonyl (C=O) groups is 1. The van der Waals surface area contributed by atoms with Gasteiger partial charge in [0, 0.05) is 35.0 Å². The van der Waals surface area contributed by atoms with Crippen LogP contribution in [0.1, 0.15) is 35.3 Å². The largest absolute Gasteiger partial charge is 0.351 e. The first-order valence-electron chi connectivity index (χ1n) is 9.59. The molecule has 2 N–H and O–H groups in total. The number of halogens is 1. The normalized spacial score (nSPS) is 15.5. The molecule has 8 heteroatoms. The van der Waals surface area contributed by atoms with E-state index in [1.165, 1.54) is 0 Å². The Morgan fingerprint density at radius 1 is 1.03 bits per heavy atom. The number of H-pyrrole nitrogens is 1. The van der Waals surface area contributed by atoms with Gasteiger partial charge in [-0.2, -0.15) is 4.31 Å². The number of sulfonamides is 1. The third kappa shape index (κ3) is 4.39. The number of aromatic amines is 1. The van der Waals surface area contributed by atoms with Crippen molar-refractivity contribution in [1.29, 1.82) is 0 Å². The molecule has 0 spiro atoms. The van der Waals surface area contributed by atoms with Crippen molar-refractivity contribution in [2.75, 3.05) is 13.1 Å². The van der Waals surface area contributed by atoms with Crippen LogP contribution >= 0.6 is 15.9 Å². The highest BCUT2D eigenvalue weighted by Gasteiger charge is 2.25. The molecule has 29 heavy (non-hydrogen) atoms. The quantitative estimate of drug-likeness (QED) is 0.584. The smallest absolute Gasteiger partial charge is 0.267 e. The topological polar surface area (TPSA) is 82.3 Å². The van der Waals surface area contributed by atoms with Crippen molar-refractivity contribution in [3.63, 3.8) is 0 Å². The molecule has 6 nitrogen and oxygen atoms in total. The monoisotopic (exact) mass is 475 g/mol. The lowest BCUT2D eigenvalue weighted by molar-refractivity contribution is 0.0946. The zero-order chi connectivity index (χ0) is 20.4. The van der Waals surface area contributed by atoms with Crippen molar-refractivity contribution in [3.8, 4) is 0 Å². The highest BCUT2D eigenvalue weighted by molar-refractivity contribution is 9.10. The Bertz CT molecular complexity index is 1130. The van der Waals surface area contributed by atoms with Crippen molar-refractivity contribution in [1.82, 2.24) is 14.6 Å². The van der Waals surface area contributed by atoms with Gasteiger partial charge in [0.25, 0.3) is 5.91 Å². The van der Waals surface area contributed by atoms with E-state index in [2.05, 4.69) is 26.2 Å². The van der Waals surface area contributed by atoms with Crippen LogP contribution in [0.5, 0.6) is 0 Å². The molecular weight excluding hydrogens is 454 g/mol. The van der Waals surface area contributed by atoms with Gasteiger partial charge in [-0.1, -0.05) is 34.5 Å². The summed E-state index contributed by atoms with van der Waals surface area (Å²) in [5.41, 5.74) is 2.22. The van der Waals surface area contributed by atoms with Crippen molar-refractivity contribution < 1.29 is 13.2 Å². The Labute approximate surface area is 178 Å². The average Bonchev–Trinajstić information content (AvgIpc) is 3.16. The maximum Gasteiger partial charge on any atom is 0.267 e. The zero-order valence-corrected chi connectivity index (χ0v) is 18.2. The van der Waals surface area contributed by atoms with Crippen molar-refractivity contribution in [3.05, 3.63) is 64.3 Å². The molecule has 0 unspecified atom stereocenters. The molecule has 0 aliphatic carbocycles. The molecule has 0 atom stereocenters. The summed E-state index contributed by atoms with van der Waals surface area (Å²) < 4.78 is 27.9. The van der Waals surface area contributed by atoms with Gasteiger partial charge < -0.3 is 10.3 Å². The van der Waals surface area contributed by atoms with E-state index < -0.39 is 10.0 Å². The molecule has 3 aromatic rings. The van der Waals surface area contributed by atoms with Gasteiger partial charge in [0.15, 0.2) is 0 Å². The van der Waals surface area contributed by atoms with E-state index in [0.29, 0.717) is 30.2 Å². The van der Waals surface area contributed by atoms with Crippen LogP contribution in [-0.4, -0.2) is 36.7 Å². The molecule has 4 rings (SSSR count). The van der Waals surface area contributed by atoms with E-state index in [-0.39, 0.29) is 5.91 Å². The molecule has 1 fully saturated rings. The van der Waals surface area contributed by atoms with Gasteiger partial charge in [0.05, 0.1) is 4.90 Å². The van der Waals surface area contributed by atoms with Gasteiger partial charge in [-0.3, -0.25) is 4.79 Å². The number of aromatic nitrogens is 1. The fraction of sp³-hybridized carbons (Fsp3) is 0.286. The van der Waals surface area contributed by atoms with E-state index in [0.717, 1.165) is 40.2 Å². The summed E-state index contributed by atoms with van der Waals surface area (Å²) in [6.45, 7) is 1.49. The first kappa shape index (κ1) is 20.1. The van der Waals surface area contributed by atoms with Crippen LogP contribution in [0.4, 0.5) is 0 Å². The van der Waals surface area contributed by atoms with E-state index in [1.807, 2.05) is 24.3 Å². The second kappa shape index (κ2) is 8.30. The molecular formula is C21H22BrN3O3S. The second-order valence-electron chi connectivity index (χ2n) is 7.21. The van der Waals surface area contributed by atoms with Crippen LogP contribution in [0.3, 0.4) is 0 Å². The Kier molecular flexibility index (Phi) is 5.76. The number of nitrogens with one attached hydrogen (secondary N) is 2. The standard InChI is InChI=1S/C21H22BrN3O3S/c22-17-6-9-19-16(12-17)13-20(24-19)21(26)23-14-15-4-7-18(8-5-15)29(27,28)25-10-2-1-3-11-25/h4-9,12-13,24H,1-3,10-11,14H2,(H,23,26). The van der Waals surface area contributed by atoms with E-state index in [1.54, 1.807) is 28.6 Å². The molecule has 152 valence electrons. The maximum atomic E-state index is 12.7. The van der Waals surface area contributed by atoms with Gasteiger partial charge >= 0.3 is 0 Å². The van der Waals surface area contributed by atoms with E-state index in [4.69, 9.17) is 0 Å². The predicted octanol–water partition coefficient (Wildman–Crippen LogP) is 4.04. The summed E-state index contributed by atoms with van der Waals surface area (Å²) in [6.07, 6.45) is 2.90. The third-order valence-electron chi connectivity index (χ3n) is 5.16. The van der Waals surface area contributed by atoms with E-state index in [9.17, 15) is 13.2 Å². The lowest BCUT2D eigenvalue weighted by Gasteiger charge is -2.25. The molecule has 0 bridgehead atoms. The SMILES string of the molecule is O=C(NCc1ccc(S(=O)(=O)N2CCCCC2)cc1)c1cc2cc(Br)ccc2[nH]1. The molecule has 1 saturated heterocycles. The summed E-state index contributed by atoms with van der Waals surface area (Å²) >= 11 is 3.42. The fourth-order valence-electron chi connectivity index (χ4n) is 3.54. The van der Waals surface area contributed by atoms with Crippen LogP contribution in [0.25, 0.3) is 10.9 Å². The maximum absolute atomic E-state index is 12.7. The van der Waals surface area contributed by atoms with Crippen LogP contribution in [-0.2, 0) is 16.6 Å². The summed E-state index contributed by atoms with van der Waals surface area (Å²) in [6, 6.07) is 14.3. The fourth-order valence-corrected chi connectivity index (χ4v) is 5.43. The lowest BCUT2D eigenvalue weighted by atomic mass is 10.2. The van der Waals surface area contributed by atoms with Crippen LogP contribution in [0, 0.1) is 0 Å². The molecule has 0 saturated carbocycles. The highest BCUT2D eigenvalue weighted by Crippen LogP contribution is 2.22. The van der Waals surface area contributed by atoms with Crippen molar-refractivity contribution in [2.24, 2.45) is 0 Å². The molecule has 2 aromatic carbocycles. The Morgan fingerprint density at radius 3 is 2.48 bits per heavy atom. The van der Waals surface area contributed by atoms with Gasteiger partial charge in [-0.25, -0.2) is 8.42 Å². The third-order valence-corrected chi connectivity index (χ3v) is 7.56. The Morgan fingerprint density at radius 2 is 1.76 bits per heavy atom. The molecule has 1 aliphatic rings. The van der Waals surface area contributed by atoms with Crippen molar-refractivity contribution >= 4 is 42.8 Å². The summed E-state index contributed by atoms with van der Waals surface area (Å²) in [5, 5.41) is 3.83. The number of rotatable bonds is 5. The van der Waals surface area contributed by atoms with E-state index >= 15 is 0 Å². The molecule has 1 aliphatic heterocycles. The first-order valence-corrected chi connectivity index (χ1v) is 11.8. The van der Waals surface area contributed by atoms with Gasteiger partial charge in [0.2, 0.25) is 10.0 Å². The first-order chi connectivity index (χ1) is 13.9. The van der Waals surface area contributed by atoms with Crippen molar-refractivity contribution in [2.45, 2.75) is 30.7 Å². The molecule has 1 aromatic heterocycles. The highest BCUT2D eigenvalue weighted by atomic mass is 79.9. The minimum Gasteiger partial charge on any atom is -0.351 e. The number of amides is 1.